The van der Waals surface area contributed by atoms with Crippen molar-refractivity contribution >= 4 is 21.8 Å². The van der Waals surface area contributed by atoms with Gasteiger partial charge in [0.1, 0.15) is 5.82 Å². The van der Waals surface area contributed by atoms with E-state index < -0.39 is 10.8 Å². The van der Waals surface area contributed by atoms with Crippen molar-refractivity contribution in [1.82, 2.24) is 14.1 Å². The fraction of sp³-hybridized carbons (Fsp3) is 0.219. The van der Waals surface area contributed by atoms with Crippen molar-refractivity contribution in [2.45, 2.75) is 90.9 Å². The van der Waals surface area contributed by atoms with Gasteiger partial charge in [-0.05, 0) is 91.0 Å². The predicted molar refractivity (Wildman–Crippen MR) is 282 cm³/mol. The maximum atomic E-state index is 6.98. The van der Waals surface area contributed by atoms with Crippen LogP contribution in [0.3, 0.4) is 0 Å². The number of aromatic nitrogens is 4. The van der Waals surface area contributed by atoms with E-state index in [-0.39, 0.29) is 31.9 Å². The van der Waals surface area contributed by atoms with Gasteiger partial charge in [0.25, 0.3) is 6.33 Å². The molecule has 0 aliphatic heterocycles. The molecular weight excluding hydrogens is 1040 g/mol. The number of nitrogens with zero attached hydrogens (tertiary/aromatic N) is 4. The largest absolute Gasteiger partial charge is 0.510 e. The van der Waals surface area contributed by atoms with E-state index in [2.05, 4.69) is 271 Å². The Morgan fingerprint density at radius 2 is 1.13 bits per heavy atom. The predicted octanol–water partition coefficient (Wildman–Crippen LogP) is 15.4. The van der Waals surface area contributed by atoms with Gasteiger partial charge in [-0.15, -0.1) is 35.2 Å². The van der Waals surface area contributed by atoms with Gasteiger partial charge >= 0.3 is 0 Å². The van der Waals surface area contributed by atoms with Crippen LogP contribution in [0.4, 0.5) is 0 Å². The van der Waals surface area contributed by atoms with Crippen LogP contribution in [0.15, 0.2) is 182 Å². The van der Waals surface area contributed by atoms with Crippen LogP contribution < -0.4 is 9.30 Å². The average molecular weight is 1100 g/mol. The molecule has 3 aromatic heterocycles. The van der Waals surface area contributed by atoms with E-state index in [9.17, 15) is 0 Å². The number of hydrogen-bond acceptors (Lipinski definition) is 2. The Labute approximate surface area is 428 Å². The van der Waals surface area contributed by atoms with E-state index in [1.807, 2.05) is 12.3 Å². The van der Waals surface area contributed by atoms with Crippen LogP contribution in [-0.2, 0) is 42.7 Å². The number of benzene rings is 7. The zero-order valence-electron chi connectivity index (χ0n) is 41.8. The number of ether oxygens (including phenoxy) is 1. The van der Waals surface area contributed by atoms with Crippen molar-refractivity contribution in [3.63, 3.8) is 0 Å². The summed E-state index contributed by atoms with van der Waals surface area (Å²) in [6.07, 6.45) is 8.00. The quantitative estimate of drug-likeness (QED) is 0.101. The number of hydrogen-bond donors (Lipinski definition) is 0. The molecule has 6 heteroatoms. The summed E-state index contributed by atoms with van der Waals surface area (Å²) in [6, 6.07) is 67.8. The van der Waals surface area contributed by atoms with Crippen LogP contribution in [0.1, 0.15) is 103 Å². The Hall–Kier alpha value is -6.81. The zero-order chi connectivity index (χ0) is 48.3. The second-order valence-electron chi connectivity index (χ2n) is 21.5. The Morgan fingerprint density at radius 3 is 1.80 bits per heavy atom. The third-order valence-electron chi connectivity index (χ3n) is 13.9. The van der Waals surface area contributed by atoms with Gasteiger partial charge in [-0.1, -0.05) is 190 Å². The van der Waals surface area contributed by atoms with Crippen LogP contribution in [0.25, 0.3) is 50.1 Å². The molecule has 0 amide bonds. The monoisotopic (exact) mass is 1100 g/mol. The van der Waals surface area contributed by atoms with Crippen molar-refractivity contribution in [3.8, 4) is 39.8 Å². The van der Waals surface area contributed by atoms with Crippen molar-refractivity contribution in [2.75, 3.05) is 0 Å². The molecule has 10 rings (SSSR count). The Bertz CT molecular complexity index is 3480. The molecule has 0 atom stereocenters. The third kappa shape index (κ3) is 9.20. The maximum Gasteiger partial charge on any atom is 0.267 e. The Balaban J connectivity index is 0.00000608. The van der Waals surface area contributed by atoms with Gasteiger partial charge in [0.2, 0.25) is 0 Å². The topological polar surface area (TPSA) is 35.9 Å². The standard InChI is InChI=1S/C64H60N4O.Pt/c1-61(2,3)48-32-33-65-60(39-48)68-57-29-21-20-28-55(57)56-31-30-53(41-58(56)68)69-54-38-50(63(7,8)46-24-16-12-17-25-46)37-51(40-54)66-42-59(64(9,10)47-26-18-13-19-27-47)67(43-66)52-35-45(44-22-14-11-15-23-44)34-49(36-52)62(4,5)6;/h11-39,42H,1-10H3;/q-2;. The molecule has 0 bridgehead atoms. The Kier molecular flexibility index (Phi) is 12.7. The van der Waals surface area contributed by atoms with Crippen molar-refractivity contribution in [3.05, 3.63) is 234 Å². The van der Waals surface area contributed by atoms with Gasteiger partial charge in [-0.3, -0.25) is 4.57 Å². The average Bonchev–Trinajstić information content (AvgIpc) is 3.95. The smallest absolute Gasteiger partial charge is 0.267 e. The fourth-order valence-electron chi connectivity index (χ4n) is 9.50. The van der Waals surface area contributed by atoms with Gasteiger partial charge in [0.05, 0.1) is 11.4 Å². The summed E-state index contributed by atoms with van der Waals surface area (Å²) in [7, 11) is 0. The first-order valence-corrected chi connectivity index (χ1v) is 24.0. The first-order valence-electron chi connectivity index (χ1n) is 24.0. The zero-order valence-corrected chi connectivity index (χ0v) is 44.1. The number of para-hydroxylation sites is 1. The molecular formula is C64H60N4OPt-2. The molecule has 10 aromatic rings. The Morgan fingerprint density at radius 1 is 0.500 bits per heavy atom. The van der Waals surface area contributed by atoms with Gasteiger partial charge in [-0.2, -0.15) is 12.1 Å². The van der Waals surface area contributed by atoms with Crippen molar-refractivity contribution in [1.29, 1.82) is 0 Å². The molecule has 0 aliphatic rings. The molecule has 354 valence electrons. The van der Waals surface area contributed by atoms with E-state index >= 15 is 0 Å². The minimum atomic E-state index is -0.419. The first kappa shape index (κ1) is 48.2. The van der Waals surface area contributed by atoms with Crippen LogP contribution in [0.5, 0.6) is 11.5 Å². The third-order valence-corrected chi connectivity index (χ3v) is 13.9. The van der Waals surface area contributed by atoms with Crippen molar-refractivity contribution < 1.29 is 30.4 Å². The molecule has 0 N–H and O–H groups in total. The maximum absolute atomic E-state index is 6.98. The molecule has 3 heterocycles. The van der Waals surface area contributed by atoms with E-state index in [1.165, 1.54) is 27.8 Å². The van der Waals surface area contributed by atoms with Crippen LogP contribution in [0.2, 0.25) is 0 Å². The molecule has 70 heavy (non-hydrogen) atoms. The van der Waals surface area contributed by atoms with Gasteiger partial charge in [0, 0.05) is 55.9 Å². The number of pyridine rings is 1. The van der Waals surface area contributed by atoms with Crippen LogP contribution in [0, 0.1) is 18.5 Å². The van der Waals surface area contributed by atoms with Gasteiger partial charge in [0.15, 0.2) is 0 Å². The minimum Gasteiger partial charge on any atom is -0.510 e. The molecule has 0 unspecified atom stereocenters. The van der Waals surface area contributed by atoms with E-state index in [1.54, 1.807) is 0 Å². The minimum absolute atomic E-state index is 0. The SMILES string of the molecule is CC(C)(C)c1cc(-c2ccccc2)cc(-[n+]2[c-]n(-c3[c-]c(Oc4[c-]c5c(cc4)c4ccccc4n5-c4cc(C(C)(C)C)ccn4)cc(C(C)(C)c4ccccc4)c3)cc2C(C)(C)c2ccccc2)c1.[Pt]. The number of imidazole rings is 1. The molecule has 0 aliphatic carbocycles. The molecule has 0 saturated carbocycles. The summed E-state index contributed by atoms with van der Waals surface area (Å²) >= 11 is 0. The van der Waals surface area contributed by atoms with E-state index in [4.69, 9.17) is 9.72 Å². The van der Waals surface area contributed by atoms with Crippen LogP contribution >= 0.6 is 0 Å². The number of rotatable bonds is 10. The second kappa shape index (κ2) is 18.5. The second-order valence-corrected chi connectivity index (χ2v) is 21.5. The molecule has 7 aromatic carbocycles. The molecule has 0 radical (unpaired) electrons. The molecule has 0 spiro atoms. The summed E-state index contributed by atoms with van der Waals surface area (Å²) in [4.78, 5) is 4.91. The summed E-state index contributed by atoms with van der Waals surface area (Å²) in [5, 5.41) is 2.21. The summed E-state index contributed by atoms with van der Waals surface area (Å²) in [5.74, 6) is 2.01. The first-order chi connectivity index (χ1) is 32.9. The van der Waals surface area contributed by atoms with Gasteiger partial charge < -0.3 is 13.9 Å². The molecule has 5 nitrogen and oxygen atoms in total. The van der Waals surface area contributed by atoms with Crippen LogP contribution in [-0.4, -0.2) is 14.1 Å². The van der Waals surface area contributed by atoms with E-state index in [0.29, 0.717) is 11.5 Å². The molecule has 0 saturated heterocycles. The summed E-state index contributed by atoms with van der Waals surface area (Å²) in [5.41, 5.74) is 12.2. The van der Waals surface area contributed by atoms with E-state index in [0.717, 1.165) is 55.8 Å². The molecule has 0 fully saturated rings. The van der Waals surface area contributed by atoms with Crippen molar-refractivity contribution in [2.24, 2.45) is 0 Å². The number of fused-ring (bicyclic) bond motifs is 3. The summed E-state index contributed by atoms with van der Waals surface area (Å²) < 4.78 is 13.5. The fourth-order valence-corrected chi connectivity index (χ4v) is 9.50. The summed E-state index contributed by atoms with van der Waals surface area (Å²) in [6.45, 7) is 22.7. The van der Waals surface area contributed by atoms with Gasteiger partial charge in [-0.25, -0.2) is 4.98 Å². The normalized spacial score (nSPS) is 12.3.